The summed E-state index contributed by atoms with van der Waals surface area (Å²) in [6.45, 7) is 0.837. The van der Waals surface area contributed by atoms with E-state index in [1.807, 2.05) is 0 Å². The smallest absolute Gasteiger partial charge is 0.267 e. The van der Waals surface area contributed by atoms with Gasteiger partial charge in [-0.15, -0.1) is 0 Å². The van der Waals surface area contributed by atoms with Crippen molar-refractivity contribution in [2.45, 2.75) is 19.3 Å². The van der Waals surface area contributed by atoms with Crippen LogP contribution in [0.1, 0.15) is 29.8 Å². The quantitative estimate of drug-likeness (QED) is 0.689. The number of hydrogen-bond acceptors (Lipinski definition) is 4. The lowest BCUT2D eigenvalue weighted by molar-refractivity contribution is 0.0996. The summed E-state index contributed by atoms with van der Waals surface area (Å²) in [7, 11) is 0. The van der Waals surface area contributed by atoms with Crippen molar-refractivity contribution in [2.75, 3.05) is 17.6 Å². The molecule has 0 saturated heterocycles. The first-order valence-corrected chi connectivity index (χ1v) is 5.47. The highest BCUT2D eigenvalue weighted by Crippen LogP contribution is 2.32. The fraction of sp³-hybridized carbons (Fsp3) is 0.455. The van der Waals surface area contributed by atoms with Gasteiger partial charge < -0.3 is 16.8 Å². The van der Waals surface area contributed by atoms with Crippen molar-refractivity contribution in [3.63, 3.8) is 0 Å². The molecule has 0 unspecified atom stereocenters. The highest BCUT2D eigenvalue weighted by Gasteiger charge is 2.20. The van der Waals surface area contributed by atoms with E-state index in [4.69, 9.17) is 11.5 Å². The minimum Gasteiger partial charge on any atom is -0.396 e. The molecular formula is C11H16N4O. The van der Waals surface area contributed by atoms with Gasteiger partial charge in [0.15, 0.2) is 0 Å². The number of nitrogens with zero attached hydrogens (tertiary/aromatic N) is 1. The third-order valence-corrected chi connectivity index (χ3v) is 2.72. The topological polar surface area (TPSA) is 94.0 Å². The molecule has 0 atom stereocenters. The van der Waals surface area contributed by atoms with Gasteiger partial charge in [-0.2, -0.15) is 0 Å². The van der Waals surface area contributed by atoms with E-state index in [2.05, 4.69) is 10.3 Å². The maximum absolute atomic E-state index is 10.9. The first kappa shape index (κ1) is 10.7. The molecule has 0 aliphatic heterocycles. The molecule has 1 heterocycles. The van der Waals surface area contributed by atoms with Crippen LogP contribution in [0.2, 0.25) is 0 Å². The Kier molecular flexibility index (Phi) is 2.94. The molecule has 5 nitrogen and oxygen atoms in total. The lowest BCUT2D eigenvalue weighted by Gasteiger charge is -2.08. The summed E-state index contributed by atoms with van der Waals surface area (Å²) < 4.78 is 0. The van der Waals surface area contributed by atoms with Crippen LogP contribution in [0.3, 0.4) is 0 Å². The van der Waals surface area contributed by atoms with Crippen LogP contribution in [0.4, 0.5) is 11.5 Å². The molecule has 0 bridgehead atoms. The zero-order chi connectivity index (χ0) is 11.5. The maximum Gasteiger partial charge on any atom is 0.267 e. The summed E-state index contributed by atoms with van der Waals surface area (Å²) >= 11 is 0. The first-order valence-electron chi connectivity index (χ1n) is 5.47. The van der Waals surface area contributed by atoms with Crippen LogP contribution < -0.4 is 16.8 Å². The van der Waals surface area contributed by atoms with Gasteiger partial charge in [-0.25, -0.2) is 4.98 Å². The first-order chi connectivity index (χ1) is 7.66. The summed E-state index contributed by atoms with van der Waals surface area (Å²) in [4.78, 5) is 15.0. The Morgan fingerprint density at radius 1 is 1.50 bits per heavy atom. The minimum atomic E-state index is -0.537. The standard InChI is InChI=1S/C11H16N4O/c12-8-3-4-9(10(13)16)15-11(8)14-6-5-7-1-2-7/h3-4,7H,1-2,5-6,12H2,(H2,13,16)(H,14,15). The van der Waals surface area contributed by atoms with Crippen LogP contribution in [0.15, 0.2) is 12.1 Å². The molecule has 0 spiro atoms. The van der Waals surface area contributed by atoms with E-state index >= 15 is 0 Å². The van der Waals surface area contributed by atoms with Gasteiger partial charge in [0.25, 0.3) is 5.91 Å². The predicted molar refractivity (Wildman–Crippen MR) is 63.0 cm³/mol. The van der Waals surface area contributed by atoms with Crippen LogP contribution in [0.5, 0.6) is 0 Å². The van der Waals surface area contributed by atoms with E-state index in [0.29, 0.717) is 11.5 Å². The van der Waals surface area contributed by atoms with E-state index in [9.17, 15) is 4.79 Å². The molecule has 1 fully saturated rings. The lowest BCUT2D eigenvalue weighted by atomic mass is 10.2. The van der Waals surface area contributed by atoms with E-state index in [-0.39, 0.29) is 5.69 Å². The normalized spacial score (nSPS) is 14.8. The summed E-state index contributed by atoms with van der Waals surface area (Å²) in [5.41, 5.74) is 11.7. The summed E-state index contributed by atoms with van der Waals surface area (Å²) in [5.74, 6) is 0.871. The second kappa shape index (κ2) is 4.38. The van der Waals surface area contributed by atoms with Gasteiger partial charge in [0.1, 0.15) is 11.5 Å². The number of carbonyl (C=O) groups is 1. The van der Waals surface area contributed by atoms with E-state index < -0.39 is 5.91 Å². The van der Waals surface area contributed by atoms with Gasteiger partial charge in [-0.1, -0.05) is 12.8 Å². The van der Waals surface area contributed by atoms with Crippen molar-refractivity contribution in [2.24, 2.45) is 11.7 Å². The molecule has 1 saturated carbocycles. The van der Waals surface area contributed by atoms with E-state index in [1.165, 1.54) is 18.9 Å². The molecule has 86 valence electrons. The number of carbonyl (C=O) groups excluding carboxylic acids is 1. The van der Waals surface area contributed by atoms with Gasteiger partial charge in [0.2, 0.25) is 0 Å². The molecular weight excluding hydrogens is 204 g/mol. The number of rotatable bonds is 5. The van der Waals surface area contributed by atoms with Crippen LogP contribution in [-0.4, -0.2) is 17.4 Å². The number of aromatic nitrogens is 1. The maximum atomic E-state index is 10.9. The zero-order valence-electron chi connectivity index (χ0n) is 9.07. The average Bonchev–Trinajstić information content (AvgIpc) is 3.04. The highest BCUT2D eigenvalue weighted by molar-refractivity contribution is 5.91. The SMILES string of the molecule is NC(=O)c1ccc(N)c(NCCC2CC2)n1. The summed E-state index contributed by atoms with van der Waals surface area (Å²) in [6.07, 6.45) is 3.78. The van der Waals surface area contributed by atoms with Crippen molar-refractivity contribution in [3.05, 3.63) is 17.8 Å². The number of nitrogen functional groups attached to an aromatic ring is 1. The number of pyridine rings is 1. The third kappa shape index (κ3) is 2.62. The molecule has 0 aromatic carbocycles. The summed E-state index contributed by atoms with van der Waals surface area (Å²) in [5, 5.41) is 3.14. The summed E-state index contributed by atoms with van der Waals surface area (Å²) in [6, 6.07) is 3.18. The molecule has 5 N–H and O–H groups in total. The van der Waals surface area contributed by atoms with Crippen LogP contribution in [0, 0.1) is 5.92 Å². The Hall–Kier alpha value is -1.78. The fourth-order valence-electron chi connectivity index (χ4n) is 1.55. The Morgan fingerprint density at radius 3 is 2.88 bits per heavy atom. The van der Waals surface area contributed by atoms with E-state index in [1.54, 1.807) is 6.07 Å². The van der Waals surface area contributed by atoms with Gasteiger partial charge >= 0.3 is 0 Å². The molecule has 2 rings (SSSR count). The van der Waals surface area contributed by atoms with Crippen LogP contribution in [0.25, 0.3) is 0 Å². The molecule has 1 aliphatic carbocycles. The Balaban J connectivity index is 1.99. The largest absolute Gasteiger partial charge is 0.396 e. The monoisotopic (exact) mass is 220 g/mol. The molecule has 0 radical (unpaired) electrons. The zero-order valence-corrected chi connectivity index (χ0v) is 9.07. The number of anilines is 2. The molecule has 5 heteroatoms. The van der Waals surface area contributed by atoms with Crippen LogP contribution >= 0.6 is 0 Å². The fourth-order valence-corrected chi connectivity index (χ4v) is 1.55. The molecule has 1 aromatic heterocycles. The second-order valence-electron chi connectivity index (χ2n) is 4.16. The van der Waals surface area contributed by atoms with E-state index in [0.717, 1.165) is 18.9 Å². The number of nitrogens with two attached hydrogens (primary N) is 2. The lowest BCUT2D eigenvalue weighted by Crippen LogP contribution is -2.15. The number of amides is 1. The number of primary amides is 1. The highest BCUT2D eigenvalue weighted by atomic mass is 16.1. The molecule has 1 amide bonds. The number of hydrogen-bond donors (Lipinski definition) is 3. The second-order valence-corrected chi connectivity index (χ2v) is 4.16. The van der Waals surface area contributed by atoms with Gasteiger partial charge in [-0.3, -0.25) is 4.79 Å². The molecule has 1 aliphatic rings. The van der Waals surface area contributed by atoms with Gasteiger partial charge in [-0.05, 0) is 24.5 Å². The van der Waals surface area contributed by atoms with Gasteiger partial charge in [0, 0.05) is 6.54 Å². The average molecular weight is 220 g/mol. The van der Waals surface area contributed by atoms with Crippen molar-refractivity contribution in [1.29, 1.82) is 0 Å². The molecule has 1 aromatic rings. The third-order valence-electron chi connectivity index (χ3n) is 2.72. The Bertz CT molecular complexity index is 401. The Morgan fingerprint density at radius 2 is 2.25 bits per heavy atom. The van der Waals surface area contributed by atoms with Crippen molar-refractivity contribution >= 4 is 17.4 Å². The van der Waals surface area contributed by atoms with Crippen molar-refractivity contribution in [1.82, 2.24) is 4.98 Å². The number of nitrogens with one attached hydrogen (secondary N) is 1. The molecule has 16 heavy (non-hydrogen) atoms. The van der Waals surface area contributed by atoms with Crippen molar-refractivity contribution < 1.29 is 4.79 Å². The van der Waals surface area contributed by atoms with Gasteiger partial charge in [0.05, 0.1) is 5.69 Å². The van der Waals surface area contributed by atoms with Crippen molar-refractivity contribution in [3.8, 4) is 0 Å². The predicted octanol–water partition coefficient (Wildman–Crippen LogP) is 0.975. The van der Waals surface area contributed by atoms with Crippen LogP contribution in [-0.2, 0) is 0 Å². The minimum absolute atomic E-state index is 0.239. The Labute approximate surface area is 94.2 Å².